The smallest absolute Gasteiger partial charge is 0.164 e. The molecule has 0 amide bonds. The Morgan fingerprint density at radius 3 is 1.85 bits per heavy atom. The van der Waals surface area contributed by atoms with E-state index in [9.17, 15) is 0 Å². The molecule has 8 rings (SSSR count). The summed E-state index contributed by atoms with van der Waals surface area (Å²) in [5.74, 6) is 3.63. The van der Waals surface area contributed by atoms with Gasteiger partial charge < -0.3 is 4.74 Å². The summed E-state index contributed by atoms with van der Waals surface area (Å²) in [5, 5.41) is 4.62. The fraction of sp³-hybridized carbons (Fsp3) is 0. The molecular weight excluding hydrogens is 478 g/mol. The van der Waals surface area contributed by atoms with Gasteiger partial charge in [-0.1, -0.05) is 97.1 Å². The van der Waals surface area contributed by atoms with E-state index in [1.807, 2.05) is 60.7 Å². The first-order valence-corrected chi connectivity index (χ1v) is 13.0. The van der Waals surface area contributed by atoms with E-state index in [2.05, 4.69) is 66.7 Å². The summed E-state index contributed by atoms with van der Waals surface area (Å²) in [5.41, 5.74) is 5.00. The van der Waals surface area contributed by atoms with Gasteiger partial charge >= 0.3 is 0 Å². The first-order valence-electron chi connectivity index (χ1n) is 13.0. The molecule has 1 aliphatic rings. The number of aromatic nitrogens is 3. The SMILES string of the molecule is c1ccc(-c2nc(-c3ccc4c(c3)-c3cccc5cccc(c35)O4)nc(-c3ccc4ccccc4c3)n2)cc1. The zero-order valence-electron chi connectivity index (χ0n) is 20.9. The Bertz CT molecular complexity index is 2040. The van der Waals surface area contributed by atoms with Gasteiger partial charge in [0.1, 0.15) is 11.5 Å². The molecule has 0 fully saturated rings. The van der Waals surface area contributed by atoms with Crippen LogP contribution in [0.1, 0.15) is 0 Å². The van der Waals surface area contributed by atoms with Gasteiger partial charge in [0.15, 0.2) is 17.5 Å². The Morgan fingerprint density at radius 2 is 1.03 bits per heavy atom. The minimum Gasteiger partial charge on any atom is -0.456 e. The van der Waals surface area contributed by atoms with Crippen molar-refractivity contribution in [1.29, 1.82) is 0 Å². The van der Waals surface area contributed by atoms with Crippen LogP contribution in [0.5, 0.6) is 11.5 Å². The third kappa shape index (κ3) is 3.65. The average Bonchev–Trinajstić information content (AvgIpc) is 3.01. The molecule has 0 spiro atoms. The van der Waals surface area contributed by atoms with Crippen LogP contribution < -0.4 is 4.74 Å². The average molecular weight is 500 g/mol. The largest absolute Gasteiger partial charge is 0.456 e. The standard InChI is InChI=1S/C35H21N3O/c1-2-9-24(10-3-1)33-36-34(26-17-16-22-8-4-5-11-25(22)20-26)38-35(37-33)27-18-19-30-29(21-27)28-14-6-12-23-13-7-15-31(39-30)32(23)28/h1-21H. The number of nitrogens with zero attached hydrogens (tertiary/aromatic N) is 3. The summed E-state index contributed by atoms with van der Waals surface area (Å²) < 4.78 is 6.31. The van der Waals surface area contributed by atoms with Crippen molar-refractivity contribution < 1.29 is 4.74 Å². The lowest BCUT2D eigenvalue weighted by Crippen LogP contribution is -2.01. The highest BCUT2D eigenvalue weighted by Crippen LogP contribution is 2.47. The van der Waals surface area contributed by atoms with Gasteiger partial charge in [-0.3, -0.25) is 0 Å². The Labute approximate surface area is 225 Å². The van der Waals surface area contributed by atoms with E-state index in [1.165, 1.54) is 5.39 Å². The second-order valence-corrected chi connectivity index (χ2v) is 9.71. The van der Waals surface area contributed by atoms with Gasteiger partial charge in [0.25, 0.3) is 0 Å². The lowest BCUT2D eigenvalue weighted by atomic mass is 9.93. The van der Waals surface area contributed by atoms with Crippen LogP contribution in [0.25, 0.3) is 66.8 Å². The maximum Gasteiger partial charge on any atom is 0.164 e. The van der Waals surface area contributed by atoms with E-state index in [4.69, 9.17) is 19.7 Å². The van der Waals surface area contributed by atoms with Gasteiger partial charge in [-0.05, 0) is 52.1 Å². The van der Waals surface area contributed by atoms with Crippen LogP contribution in [0.2, 0.25) is 0 Å². The van der Waals surface area contributed by atoms with Crippen LogP contribution in [-0.4, -0.2) is 15.0 Å². The number of rotatable bonds is 3. The normalized spacial score (nSPS) is 11.8. The highest BCUT2D eigenvalue weighted by Gasteiger charge is 2.21. The van der Waals surface area contributed by atoms with Crippen LogP contribution in [0, 0.1) is 0 Å². The first kappa shape index (κ1) is 21.7. The molecule has 4 nitrogen and oxygen atoms in total. The lowest BCUT2D eigenvalue weighted by Gasteiger charge is -2.21. The second kappa shape index (κ2) is 8.61. The molecule has 2 heterocycles. The zero-order valence-corrected chi connectivity index (χ0v) is 20.9. The number of benzene rings is 6. The summed E-state index contributed by atoms with van der Waals surface area (Å²) in [6.07, 6.45) is 0. The molecule has 4 heteroatoms. The quantitative estimate of drug-likeness (QED) is 0.243. The molecule has 39 heavy (non-hydrogen) atoms. The van der Waals surface area contributed by atoms with Crippen LogP contribution in [0.15, 0.2) is 127 Å². The number of hydrogen-bond donors (Lipinski definition) is 0. The Kier molecular flexibility index (Phi) is 4.79. The predicted octanol–water partition coefficient (Wildman–Crippen LogP) is 8.95. The molecule has 0 atom stereocenters. The molecular formula is C35H21N3O. The van der Waals surface area contributed by atoms with Crippen molar-refractivity contribution in [2.45, 2.75) is 0 Å². The van der Waals surface area contributed by atoms with Gasteiger partial charge in [0, 0.05) is 27.6 Å². The Balaban J connectivity index is 1.33. The van der Waals surface area contributed by atoms with Crippen molar-refractivity contribution in [1.82, 2.24) is 15.0 Å². The van der Waals surface area contributed by atoms with E-state index >= 15 is 0 Å². The van der Waals surface area contributed by atoms with Crippen molar-refractivity contribution in [2.75, 3.05) is 0 Å². The van der Waals surface area contributed by atoms with Crippen LogP contribution in [0.4, 0.5) is 0 Å². The molecule has 0 saturated carbocycles. The molecule has 6 aromatic carbocycles. The zero-order chi connectivity index (χ0) is 25.8. The molecule has 0 N–H and O–H groups in total. The first-order chi connectivity index (χ1) is 19.3. The molecule has 7 aromatic rings. The van der Waals surface area contributed by atoms with E-state index in [0.717, 1.165) is 55.5 Å². The number of fused-ring (bicyclic) bond motifs is 3. The minimum atomic E-state index is 0.626. The summed E-state index contributed by atoms with van der Waals surface area (Å²) in [4.78, 5) is 14.8. The van der Waals surface area contributed by atoms with Gasteiger partial charge in [-0.25, -0.2) is 15.0 Å². The van der Waals surface area contributed by atoms with Crippen molar-refractivity contribution in [3.8, 4) is 56.8 Å². The Morgan fingerprint density at radius 1 is 0.385 bits per heavy atom. The van der Waals surface area contributed by atoms with Gasteiger partial charge in [-0.15, -0.1) is 0 Å². The minimum absolute atomic E-state index is 0.626. The summed E-state index contributed by atoms with van der Waals surface area (Å²) in [6, 6.07) is 43.4. The third-order valence-corrected chi connectivity index (χ3v) is 7.29. The van der Waals surface area contributed by atoms with E-state index in [0.29, 0.717) is 17.5 Å². The maximum absolute atomic E-state index is 6.31. The summed E-state index contributed by atoms with van der Waals surface area (Å²) in [6.45, 7) is 0. The number of hydrogen-bond acceptors (Lipinski definition) is 4. The van der Waals surface area contributed by atoms with Crippen LogP contribution in [0.3, 0.4) is 0 Å². The third-order valence-electron chi connectivity index (χ3n) is 7.29. The van der Waals surface area contributed by atoms with Crippen LogP contribution >= 0.6 is 0 Å². The topological polar surface area (TPSA) is 47.9 Å². The van der Waals surface area contributed by atoms with Crippen molar-refractivity contribution >= 4 is 21.5 Å². The van der Waals surface area contributed by atoms with Crippen molar-refractivity contribution in [3.05, 3.63) is 127 Å². The highest BCUT2D eigenvalue weighted by molar-refractivity contribution is 6.04. The molecule has 0 radical (unpaired) electrons. The fourth-order valence-corrected chi connectivity index (χ4v) is 5.38. The molecule has 1 aliphatic heterocycles. The van der Waals surface area contributed by atoms with E-state index in [-0.39, 0.29) is 0 Å². The Hall–Kier alpha value is -5.35. The fourth-order valence-electron chi connectivity index (χ4n) is 5.38. The van der Waals surface area contributed by atoms with Gasteiger partial charge in [0.2, 0.25) is 0 Å². The molecule has 1 aromatic heterocycles. The van der Waals surface area contributed by atoms with Crippen molar-refractivity contribution in [3.63, 3.8) is 0 Å². The van der Waals surface area contributed by atoms with E-state index in [1.54, 1.807) is 0 Å². The maximum atomic E-state index is 6.31. The molecule has 0 saturated heterocycles. The molecule has 0 unspecified atom stereocenters. The van der Waals surface area contributed by atoms with Crippen molar-refractivity contribution in [2.24, 2.45) is 0 Å². The summed E-state index contributed by atoms with van der Waals surface area (Å²) in [7, 11) is 0. The predicted molar refractivity (Wildman–Crippen MR) is 157 cm³/mol. The summed E-state index contributed by atoms with van der Waals surface area (Å²) >= 11 is 0. The molecule has 0 bridgehead atoms. The molecule has 182 valence electrons. The molecule has 0 aliphatic carbocycles. The van der Waals surface area contributed by atoms with Crippen LogP contribution in [-0.2, 0) is 0 Å². The van der Waals surface area contributed by atoms with E-state index < -0.39 is 0 Å². The monoisotopic (exact) mass is 499 g/mol. The van der Waals surface area contributed by atoms with Gasteiger partial charge in [-0.2, -0.15) is 0 Å². The lowest BCUT2D eigenvalue weighted by molar-refractivity contribution is 0.487. The van der Waals surface area contributed by atoms with Gasteiger partial charge in [0.05, 0.1) is 0 Å². The highest BCUT2D eigenvalue weighted by atomic mass is 16.5. The number of ether oxygens (including phenoxy) is 1. The second-order valence-electron chi connectivity index (χ2n) is 9.71.